The number of carbonyl (C=O) groups excluding carboxylic acids is 1. The van der Waals surface area contributed by atoms with Crippen molar-refractivity contribution in [3.63, 3.8) is 0 Å². The van der Waals surface area contributed by atoms with Gasteiger partial charge in [-0.3, -0.25) is 4.79 Å². The summed E-state index contributed by atoms with van der Waals surface area (Å²) in [6, 6.07) is 18.3. The van der Waals surface area contributed by atoms with Gasteiger partial charge in [-0.2, -0.15) is 13.2 Å². The molecule has 0 aromatic heterocycles. The molecule has 0 fully saturated rings. The van der Waals surface area contributed by atoms with E-state index in [1.54, 1.807) is 18.2 Å². The van der Waals surface area contributed by atoms with Crippen molar-refractivity contribution in [2.75, 3.05) is 5.75 Å². The molecule has 0 saturated heterocycles. The van der Waals surface area contributed by atoms with Crippen molar-refractivity contribution in [1.29, 1.82) is 0 Å². The number of ketones is 1. The molecule has 0 aliphatic rings. The first-order valence-electron chi connectivity index (χ1n) is 8.25. The fourth-order valence-electron chi connectivity index (χ4n) is 2.69. The van der Waals surface area contributed by atoms with E-state index in [0.717, 1.165) is 12.1 Å². The maximum absolute atomic E-state index is 12.8. The van der Waals surface area contributed by atoms with Gasteiger partial charge in [0.1, 0.15) is 5.75 Å². The Kier molecular flexibility index (Phi) is 5.38. The van der Waals surface area contributed by atoms with Crippen LogP contribution in [0.5, 0.6) is 0 Å². The highest BCUT2D eigenvalue weighted by molar-refractivity contribution is 7.92. The van der Waals surface area contributed by atoms with Crippen molar-refractivity contribution in [2.24, 2.45) is 0 Å². The van der Waals surface area contributed by atoms with Crippen LogP contribution in [0.4, 0.5) is 13.2 Å². The lowest BCUT2D eigenvalue weighted by Gasteiger charge is -2.09. The monoisotopic (exact) mass is 404 g/mol. The van der Waals surface area contributed by atoms with Crippen LogP contribution >= 0.6 is 0 Å². The first-order valence-corrected chi connectivity index (χ1v) is 9.91. The molecule has 3 aromatic carbocycles. The predicted octanol–water partition coefficient (Wildman–Crippen LogP) is 5.03. The average molecular weight is 404 g/mol. The average Bonchev–Trinajstić information content (AvgIpc) is 2.68. The third-order valence-corrected chi connectivity index (χ3v) is 5.79. The highest BCUT2D eigenvalue weighted by atomic mass is 32.2. The number of hydrogen-bond acceptors (Lipinski definition) is 3. The summed E-state index contributed by atoms with van der Waals surface area (Å²) < 4.78 is 63.2. The number of carbonyl (C=O) groups is 1. The third-order valence-electron chi connectivity index (χ3n) is 4.15. The summed E-state index contributed by atoms with van der Waals surface area (Å²) in [6.45, 7) is 0. The minimum absolute atomic E-state index is 0.0592. The number of sulfone groups is 1. The Bertz CT molecular complexity index is 1090. The zero-order valence-electron chi connectivity index (χ0n) is 14.5. The van der Waals surface area contributed by atoms with Crippen molar-refractivity contribution in [2.45, 2.75) is 11.1 Å². The summed E-state index contributed by atoms with van der Waals surface area (Å²) in [7, 11) is -3.77. The number of alkyl halides is 3. The highest BCUT2D eigenvalue weighted by Crippen LogP contribution is 2.32. The first kappa shape index (κ1) is 19.8. The van der Waals surface area contributed by atoms with Crippen molar-refractivity contribution in [3.8, 4) is 11.1 Å². The SMILES string of the molecule is O=C(CS(=O)(=O)c1ccccc1)c1ccc(-c2cccc(C(F)(F)F)c2)cc1. The molecule has 0 amide bonds. The zero-order chi connectivity index (χ0) is 20.4. The second-order valence-corrected chi connectivity index (χ2v) is 8.14. The van der Waals surface area contributed by atoms with E-state index < -0.39 is 33.1 Å². The minimum Gasteiger partial charge on any atom is -0.293 e. The highest BCUT2D eigenvalue weighted by Gasteiger charge is 2.30. The summed E-state index contributed by atoms with van der Waals surface area (Å²) in [4.78, 5) is 12.4. The fraction of sp³-hybridized carbons (Fsp3) is 0.0952. The van der Waals surface area contributed by atoms with Gasteiger partial charge in [-0.05, 0) is 35.4 Å². The van der Waals surface area contributed by atoms with E-state index in [-0.39, 0.29) is 10.5 Å². The van der Waals surface area contributed by atoms with Gasteiger partial charge in [-0.15, -0.1) is 0 Å². The van der Waals surface area contributed by atoms with Gasteiger partial charge < -0.3 is 0 Å². The minimum atomic E-state index is -4.45. The summed E-state index contributed by atoms with van der Waals surface area (Å²) in [6.07, 6.45) is -4.45. The van der Waals surface area contributed by atoms with Crippen LogP contribution in [0.1, 0.15) is 15.9 Å². The van der Waals surface area contributed by atoms with Crippen LogP contribution < -0.4 is 0 Å². The molecule has 3 nitrogen and oxygen atoms in total. The normalized spacial score (nSPS) is 12.0. The van der Waals surface area contributed by atoms with Gasteiger partial charge in [0, 0.05) is 5.56 Å². The van der Waals surface area contributed by atoms with Gasteiger partial charge in [0.25, 0.3) is 0 Å². The maximum Gasteiger partial charge on any atom is 0.416 e. The van der Waals surface area contributed by atoms with E-state index in [1.807, 2.05) is 0 Å². The van der Waals surface area contributed by atoms with Crippen LogP contribution in [0.2, 0.25) is 0 Å². The summed E-state index contributed by atoms with van der Waals surface area (Å²) in [5.74, 6) is -1.26. The Morgan fingerprint density at radius 1 is 0.786 bits per heavy atom. The van der Waals surface area contributed by atoms with Crippen molar-refractivity contribution < 1.29 is 26.4 Å². The molecule has 7 heteroatoms. The van der Waals surface area contributed by atoms with E-state index in [2.05, 4.69) is 0 Å². The Morgan fingerprint density at radius 3 is 2.04 bits per heavy atom. The standard InChI is InChI=1S/C21H15F3O3S/c22-21(23,24)18-6-4-5-17(13-18)15-9-11-16(12-10-15)20(25)14-28(26,27)19-7-2-1-3-8-19/h1-13H,14H2. The molecule has 0 N–H and O–H groups in total. The molecule has 28 heavy (non-hydrogen) atoms. The van der Waals surface area contributed by atoms with Crippen molar-refractivity contribution in [3.05, 3.63) is 90.0 Å². The van der Waals surface area contributed by atoms with Gasteiger partial charge in [0.2, 0.25) is 0 Å². The molecule has 3 rings (SSSR count). The van der Waals surface area contributed by atoms with E-state index in [0.29, 0.717) is 11.1 Å². The Balaban J connectivity index is 1.80. The molecule has 0 radical (unpaired) electrons. The second-order valence-electron chi connectivity index (χ2n) is 6.15. The molecular weight excluding hydrogens is 389 g/mol. The molecule has 0 spiro atoms. The third kappa shape index (κ3) is 4.48. The Morgan fingerprint density at radius 2 is 1.43 bits per heavy atom. The number of rotatable bonds is 5. The van der Waals surface area contributed by atoms with Gasteiger partial charge in [0.05, 0.1) is 10.5 Å². The van der Waals surface area contributed by atoms with Crippen LogP contribution in [0, 0.1) is 0 Å². The largest absolute Gasteiger partial charge is 0.416 e. The molecule has 0 unspecified atom stereocenters. The summed E-state index contributed by atoms with van der Waals surface area (Å²) >= 11 is 0. The van der Waals surface area contributed by atoms with Gasteiger partial charge in [0.15, 0.2) is 15.6 Å². The van der Waals surface area contributed by atoms with Gasteiger partial charge in [-0.25, -0.2) is 8.42 Å². The molecule has 144 valence electrons. The smallest absolute Gasteiger partial charge is 0.293 e. The molecule has 0 aliphatic heterocycles. The second kappa shape index (κ2) is 7.59. The molecule has 0 bridgehead atoms. The topological polar surface area (TPSA) is 51.2 Å². The molecule has 0 saturated carbocycles. The van der Waals surface area contributed by atoms with E-state index in [4.69, 9.17) is 0 Å². The van der Waals surface area contributed by atoms with Crippen molar-refractivity contribution >= 4 is 15.6 Å². The Labute approximate surface area is 160 Å². The lowest BCUT2D eigenvalue weighted by Crippen LogP contribution is -2.16. The fourth-order valence-corrected chi connectivity index (χ4v) is 3.94. The van der Waals surface area contributed by atoms with Crippen LogP contribution in [-0.2, 0) is 16.0 Å². The van der Waals surface area contributed by atoms with Crippen LogP contribution in [0.25, 0.3) is 11.1 Å². The van der Waals surface area contributed by atoms with Gasteiger partial charge in [-0.1, -0.05) is 54.6 Å². The lowest BCUT2D eigenvalue weighted by atomic mass is 10.0. The lowest BCUT2D eigenvalue weighted by molar-refractivity contribution is -0.137. The predicted molar refractivity (Wildman–Crippen MR) is 99.7 cm³/mol. The summed E-state index contributed by atoms with van der Waals surface area (Å²) in [5.41, 5.74) is 0.258. The molecule has 3 aromatic rings. The number of halogens is 3. The van der Waals surface area contributed by atoms with E-state index in [1.165, 1.54) is 48.5 Å². The van der Waals surface area contributed by atoms with Gasteiger partial charge >= 0.3 is 6.18 Å². The van der Waals surface area contributed by atoms with Crippen LogP contribution in [0.3, 0.4) is 0 Å². The molecule has 0 atom stereocenters. The Hall–Kier alpha value is -2.93. The maximum atomic E-state index is 12.8. The van der Waals surface area contributed by atoms with E-state index >= 15 is 0 Å². The molecule has 0 heterocycles. The van der Waals surface area contributed by atoms with Crippen molar-refractivity contribution in [1.82, 2.24) is 0 Å². The zero-order valence-corrected chi connectivity index (χ0v) is 15.3. The first-order chi connectivity index (χ1) is 13.2. The quantitative estimate of drug-likeness (QED) is 0.561. The van der Waals surface area contributed by atoms with Crippen LogP contribution in [-0.4, -0.2) is 20.0 Å². The molecular formula is C21H15F3O3S. The van der Waals surface area contributed by atoms with E-state index in [9.17, 15) is 26.4 Å². The molecule has 0 aliphatic carbocycles. The number of Topliss-reactive ketones (excluding diaryl/α,β-unsaturated/α-hetero) is 1. The van der Waals surface area contributed by atoms with Crippen LogP contribution in [0.15, 0.2) is 83.8 Å². The number of hydrogen-bond donors (Lipinski definition) is 0. The summed E-state index contributed by atoms with van der Waals surface area (Å²) in [5, 5.41) is 0. The number of benzene rings is 3.